The summed E-state index contributed by atoms with van der Waals surface area (Å²) < 4.78 is 7.46. The molecule has 0 N–H and O–H groups in total. The topological polar surface area (TPSA) is 61.2 Å². The number of ether oxygens (including phenoxy) is 1. The minimum Gasteiger partial charge on any atom is -0.376 e. The number of hydrogen-bond donors (Lipinski definition) is 0. The van der Waals surface area contributed by atoms with Crippen molar-refractivity contribution in [1.82, 2.24) is 9.55 Å². The van der Waals surface area contributed by atoms with Gasteiger partial charge in [0.15, 0.2) is 10.9 Å². The van der Waals surface area contributed by atoms with Crippen molar-refractivity contribution in [2.24, 2.45) is 0 Å². The monoisotopic (exact) mass is 436 g/mol. The third-order valence-corrected chi connectivity index (χ3v) is 7.19. The normalized spacial score (nSPS) is 16.2. The Morgan fingerprint density at radius 3 is 2.55 bits per heavy atom. The molecule has 0 radical (unpaired) electrons. The zero-order valence-electron chi connectivity index (χ0n) is 18.5. The van der Waals surface area contributed by atoms with E-state index in [1.807, 2.05) is 45.9 Å². The van der Waals surface area contributed by atoms with Crippen LogP contribution in [0.1, 0.15) is 45.5 Å². The Hall–Kier alpha value is -2.44. The lowest BCUT2D eigenvalue weighted by atomic mass is 9.92. The average Bonchev–Trinajstić information content (AvgIpc) is 3.26. The number of rotatable bonds is 6. The van der Waals surface area contributed by atoms with Crippen molar-refractivity contribution >= 4 is 28.4 Å². The van der Waals surface area contributed by atoms with E-state index in [2.05, 4.69) is 6.07 Å². The summed E-state index contributed by atoms with van der Waals surface area (Å²) in [7, 11) is 0. The molecule has 0 spiro atoms. The summed E-state index contributed by atoms with van der Waals surface area (Å²) in [5.41, 5.74) is 5.67. The first-order chi connectivity index (χ1) is 14.9. The Bertz CT molecular complexity index is 1180. The second-order valence-corrected chi connectivity index (χ2v) is 9.25. The highest BCUT2D eigenvalue weighted by Gasteiger charge is 2.22. The summed E-state index contributed by atoms with van der Waals surface area (Å²) in [6, 6.07) is 9.50. The van der Waals surface area contributed by atoms with Crippen LogP contribution in [0.2, 0.25) is 0 Å². The third kappa shape index (κ3) is 4.32. The Morgan fingerprint density at radius 2 is 1.87 bits per heavy atom. The van der Waals surface area contributed by atoms with E-state index >= 15 is 0 Å². The van der Waals surface area contributed by atoms with Crippen LogP contribution >= 0.6 is 11.8 Å². The van der Waals surface area contributed by atoms with E-state index in [4.69, 9.17) is 9.72 Å². The molecule has 3 aromatic rings. The lowest BCUT2D eigenvalue weighted by molar-refractivity contribution is 0.0937. The van der Waals surface area contributed by atoms with Gasteiger partial charge in [0.1, 0.15) is 0 Å². The molecule has 1 aliphatic rings. The number of fused-ring (bicyclic) bond motifs is 1. The summed E-state index contributed by atoms with van der Waals surface area (Å²) in [4.78, 5) is 31.2. The third-order valence-electron chi connectivity index (χ3n) is 6.21. The molecule has 5 nitrogen and oxygen atoms in total. The maximum Gasteiger partial charge on any atom is 0.262 e. The molecule has 1 aromatic heterocycles. The van der Waals surface area contributed by atoms with Crippen molar-refractivity contribution in [2.45, 2.75) is 58.3 Å². The number of para-hydroxylation sites is 1. The molecule has 4 rings (SSSR count). The second kappa shape index (κ2) is 8.97. The highest BCUT2D eigenvalue weighted by atomic mass is 32.2. The fourth-order valence-electron chi connectivity index (χ4n) is 4.25. The fourth-order valence-corrected chi connectivity index (χ4v) is 5.13. The molecule has 0 bridgehead atoms. The van der Waals surface area contributed by atoms with E-state index in [1.54, 1.807) is 10.6 Å². The minimum absolute atomic E-state index is 0.0135. The van der Waals surface area contributed by atoms with Crippen LogP contribution < -0.4 is 5.56 Å². The Labute approximate surface area is 186 Å². The summed E-state index contributed by atoms with van der Waals surface area (Å²) in [6.45, 7) is 9.27. The van der Waals surface area contributed by atoms with Crippen LogP contribution in [0, 0.1) is 27.7 Å². The Balaban J connectivity index is 1.68. The first-order valence-corrected chi connectivity index (χ1v) is 11.7. The first kappa shape index (κ1) is 21.8. The maximum atomic E-state index is 13.2. The van der Waals surface area contributed by atoms with Crippen LogP contribution in [0.4, 0.5) is 0 Å². The van der Waals surface area contributed by atoms with Crippen molar-refractivity contribution < 1.29 is 9.53 Å². The Kier molecular flexibility index (Phi) is 6.30. The summed E-state index contributed by atoms with van der Waals surface area (Å²) >= 11 is 1.34. The van der Waals surface area contributed by atoms with Crippen LogP contribution in [0.15, 0.2) is 40.3 Å². The summed E-state index contributed by atoms with van der Waals surface area (Å²) in [5.74, 6) is 0.304. The molecule has 0 aliphatic carbocycles. The molecule has 6 heteroatoms. The number of aromatic nitrogens is 2. The molecular formula is C25H28N2O3S. The highest BCUT2D eigenvalue weighted by molar-refractivity contribution is 7.99. The Morgan fingerprint density at radius 1 is 1.16 bits per heavy atom. The first-order valence-electron chi connectivity index (χ1n) is 10.7. The maximum absolute atomic E-state index is 13.2. The van der Waals surface area contributed by atoms with Gasteiger partial charge in [-0.3, -0.25) is 14.2 Å². The number of carbonyl (C=O) groups is 1. The number of thioether (sulfide) groups is 1. The number of aryl methyl sites for hydroxylation is 2. The lowest BCUT2D eigenvalue weighted by Gasteiger charge is -2.17. The molecule has 2 heterocycles. The summed E-state index contributed by atoms with van der Waals surface area (Å²) in [6.07, 6.45) is 1.95. The lowest BCUT2D eigenvalue weighted by Crippen LogP contribution is -2.29. The van der Waals surface area contributed by atoms with Gasteiger partial charge in [0.2, 0.25) is 0 Å². The number of Topliss-reactive ketones (excluding diaryl/α,β-unsaturated/α-hetero) is 1. The predicted molar refractivity (Wildman–Crippen MR) is 125 cm³/mol. The number of nitrogens with zero attached hydrogens (tertiary/aromatic N) is 2. The van der Waals surface area contributed by atoms with Crippen LogP contribution in [-0.2, 0) is 11.3 Å². The van der Waals surface area contributed by atoms with E-state index in [1.165, 1.54) is 11.8 Å². The predicted octanol–water partition coefficient (Wildman–Crippen LogP) is 4.78. The van der Waals surface area contributed by atoms with Crippen molar-refractivity contribution in [2.75, 3.05) is 12.4 Å². The molecule has 31 heavy (non-hydrogen) atoms. The van der Waals surface area contributed by atoms with Gasteiger partial charge in [0.25, 0.3) is 5.56 Å². The van der Waals surface area contributed by atoms with Gasteiger partial charge in [0, 0.05) is 12.2 Å². The zero-order chi connectivity index (χ0) is 22.1. The van der Waals surface area contributed by atoms with Gasteiger partial charge < -0.3 is 4.74 Å². The van der Waals surface area contributed by atoms with Gasteiger partial charge in [-0.1, -0.05) is 30.0 Å². The van der Waals surface area contributed by atoms with Crippen molar-refractivity contribution in [1.29, 1.82) is 0 Å². The smallest absolute Gasteiger partial charge is 0.262 e. The number of carbonyl (C=O) groups excluding carboxylic acids is 1. The molecule has 1 saturated heterocycles. The van der Waals surface area contributed by atoms with Gasteiger partial charge in [0.05, 0.1) is 29.3 Å². The molecule has 0 amide bonds. The minimum atomic E-state index is -0.0742. The zero-order valence-corrected chi connectivity index (χ0v) is 19.3. The van der Waals surface area contributed by atoms with Gasteiger partial charge in [-0.15, -0.1) is 0 Å². The summed E-state index contributed by atoms with van der Waals surface area (Å²) in [5, 5.41) is 1.17. The highest BCUT2D eigenvalue weighted by Crippen LogP contribution is 2.26. The largest absolute Gasteiger partial charge is 0.376 e. The second-order valence-electron chi connectivity index (χ2n) is 8.31. The van der Waals surface area contributed by atoms with Gasteiger partial charge >= 0.3 is 0 Å². The molecule has 1 aliphatic heterocycles. The van der Waals surface area contributed by atoms with Crippen LogP contribution in [0.5, 0.6) is 0 Å². The number of ketones is 1. The van der Waals surface area contributed by atoms with E-state index in [0.717, 1.165) is 47.3 Å². The fraction of sp³-hybridized carbons (Fsp3) is 0.400. The van der Waals surface area contributed by atoms with Gasteiger partial charge in [-0.25, -0.2) is 4.98 Å². The van der Waals surface area contributed by atoms with Gasteiger partial charge in [-0.05, 0) is 74.9 Å². The van der Waals surface area contributed by atoms with Gasteiger partial charge in [-0.2, -0.15) is 0 Å². The molecule has 1 atom stereocenters. The molecule has 1 fully saturated rings. The van der Waals surface area contributed by atoms with Crippen molar-refractivity contribution in [3.05, 3.63) is 68.5 Å². The van der Waals surface area contributed by atoms with E-state index in [-0.39, 0.29) is 23.2 Å². The van der Waals surface area contributed by atoms with Crippen LogP contribution in [0.3, 0.4) is 0 Å². The van der Waals surface area contributed by atoms with E-state index in [9.17, 15) is 9.59 Å². The van der Waals surface area contributed by atoms with E-state index in [0.29, 0.717) is 22.6 Å². The van der Waals surface area contributed by atoms with Crippen molar-refractivity contribution in [3.63, 3.8) is 0 Å². The number of benzene rings is 2. The molecule has 162 valence electrons. The molecule has 1 unspecified atom stereocenters. The molecule has 0 saturated carbocycles. The van der Waals surface area contributed by atoms with Crippen LogP contribution in [-0.4, -0.2) is 33.8 Å². The quantitative estimate of drug-likeness (QED) is 0.316. The van der Waals surface area contributed by atoms with E-state index < -0.39 is 0 Å². The van der Waals surface area contributed by atoms with Crippen LogP contribution in [0.25, 0.3) is 10.9 Å². The SMILES string of the molecule is Cc1cc(C)c(C)c(C(=O)CSc2nc3ccccc3c(=O)n2CC2CCCO2)c1C. The number of hydrogen-bond acceptors (Lipinski definition) is 5. The van der Waals surface area contributed by atoms with Crippen molar-refractivity contribution in [3.8, 4) is 0 Å². The standard InChI is InChI=1S/C25H28N2O3S/c1-15-12-16(2)18(4)23(17(15)3)22(28)14-31-25-26-21-10-6-5-9-20(21)24(29)27(25)13-19-8-7-11-30-19/h5-6,9-10,12,19H,7-8,11,13-14H2,1-4H3. The molecule has 2 aromatic carbocycles. The molecular weight excluding hydrogens is 408 g/mol. The average molecular weight is 437 g/mol.